The number of carbonyl (C=O) groups excluding carboxylic acids is 1. The summed E-state index contributed by atoms with van der Waals surface area (Å²) in [6, 6.07) is 3.15. The van der Waals surface area contributed by atoms with Crippen molar-refractivity contribution in [2.75, 3.05) is 46.4 Å². The van der Waals surface area contributed by atoms with Crippen molar-refractivity contribution in [1.82, 2.24) is 9.80 Å². The Morgan fingerprint density at radius 3 is 2.68 bits per heavy atom. The summed E-state index contributed by atoms with van der Waals surface area (Å²) < 4.78 is 17.3. The Bertz CT molecular complexity index is 989. The maximum Gasteiger partial charge on any atom is 0.342 e. The third kappa shape index (κ3) is 7.33. The summed E-state index contributed by atoms with van der Waals surface area (Å²) >= 11 is 0. The first kappa shape index (κ1) is 27.6. The highest BCUT2D eigenvalue weighted by Gasteiger charge is 2.45. The molecule has 0 amide bonds. The van der Waals surface area contributed by atoms with Gasteiger partial charge in [0.1, 0.15) is 35.4 Å². The lowest BCUT2D eigenvalue weighted by atomic mass is 9.96. The van der Waals surface area contributed by atoms with Gasteiger partial charge in [-0.05, 0) is 45.0 Å². The summed E-state index contributed by atoms with van der Waals surface area (Å²) in [5, 5.41) is 31.7. The van der Waals surface area contributed by atoms with Gasteiger partial charge < -0.3 is 39.3 Å². The maximum atomic E-state index is 13.0. The molecule has 1 aromatic rings. The van der Waals surface area contributed by atoms with Crippen LogP contribution in [-0.2, 0) is 9.47 Å². The number of hydrogen-bond donors (Lipinski definition) is 3. The number of aliphatic hydroxyl groups is 2. The first-order valence-corrected chi connectivity index (χ1v) is 13.2. The van der Waals surface area contributed by atoms with Crippen molar-refractivity contribution in [2.45, 2.75) is 63.1 Å². The number of piperazine rings is 1. The predicted molar refractivity (Wildman–Crippen MR) is 139 cm³/mol. The zero-order valence-corrected chi connectivity index (χ0v) is 21.8. The van der Waals surface area contributed by atoms with Crippen LogP contribution in [0.5, 0.6) is 11.5 Å². The Balaban J connectivity index is 1.43. The molecular formula is C28H40N2O7. The topological polar surface area (TPSA) is 115 Å². The number of benzene rings is 1. The quantitative estimate of drug-likeness (QED) is 0.298. The molecule has 3 aliphatic heterocycles. The number of unbranched alkanes of at least 4 members (excludes halogenated alkanes) is 1. The lowest BCUT2D eigenvalue weighted by molar-refractivity contribution is 0.0332. The highest BCUT2D eigenvalue weighted by atomic mass is 16.6. The second-order valence-corrected chi connectivity index (χ2v) is 10.4. The molecule has 0 aliphatic carbocycles. The van der Waals surface area contributed by atoms with Crippen molar-refractivity contribution in [2.24, 2.45) is 0 Å². The fraction of sp³-hybridized carbons (Fsp3) is 0.607. The van der Waals surface area contributed by atoms with E-state index in [4.69, 9.17) is 14.2 Å². The number of phenols is 1. The summed E-state index contributed by atoms with van der Waals surface area (Å²) in [7, 11) is 2.15. The third-order valence-corrected chi connectivity index (χ3v) is 7.27. The minimum Gasteiger partial charge on any atom is -0.507 e. The lowest BCUT2D eigenvalue weighted by Crippen LogP contribution is -2.44. The zero-order chi connectivity index (χ0) is 26.5. The summed E-state index contributed by atoms with van der Waals surface area (Å²) in [6.45, 7) is 11.5. The van der Waals surface area contributed by atoms with E-state index in [9.17, 15) is 20.1 Å². The molecule has 4 rings (SSSR count). The second kappa shape index (κ2) is 12.4. The summed E-state index contributed by atoms with van der Waals surface area (Å²) in [4.78, 5) is 17.8. The number of nitrogens with zero attached hydrogens (tertiary/aromatic N) is 2. The molecule has 5 atom stereocenters. The summed E-state index contributed by atoms with van der Waals surface area (Å²) in [5.74, 6) is -0.421. The van der Waals surface area contributed by atoms with Gasteiger partial charge in [-0.2, -0.15) is 0 Å². The first-order chi connectivity index (χ1) is 17.7. The number of cyclic esters (lactones) is 1. The van der Waals surface area contributed by atoms with Crippen LogP contribution >= 0.6 is 0 Å². The fourth-order valence-corrected chi connectivity index (χ4v) is 4.86. The Morgan fingerprint density at radius 1 is 1.16 bits per heavy atom. The van der Waals surface area contributed by atoms with E-state index in [0.717, 1.165) is 45.6 Å². The molecule has 3 heterocycles. The van der Waals surface area contributed by atoms with Gasteiger partial charge in [0.2, 0.25) is 0 Å². The van der Waals surface area contributed by atoms with Crippen LogP contribution in [0.25, 0.3) is 0 Å². The van der Waals surface area contributed by atoms with Crippen LogP contribution in [-0.4, -0.2) is 102 Å². The van der Waals surface area contributed by atoms with Crippen LogP contribution in [0.1, 0.15) is 54.6 Å². The summed E-state index contributed by atoms with van der Waals surface area (Å²) in [6.07, 6.45) is 2.16. The van der Waals surface area contributed by atoms with E-state index >= 15 is 0 Å². The summed E-state index contributed by atoms with van der Waals surface area (Å²) in [5.41, 5.74) is 0.881. The van der Waals surface area contributed by atoms with Gasteiger partial charge in [-0.3, -0.25) is 0 Å². The van der Waals surface area contributed by atoms with Crippen LogP contribution in [0, 0.1) is 0 Å². The molecular weight excluding hydrogens is 476 g/mol. The molecule has 0 radical (unpaired) electrons. The smallest absolute Gasteiger partial charge is 0.342 e. The van der Waals surface area contributed by atoms with Gasteiger partial charge in [-0.1, -0.05) is 18.7 Å². The normalized spacial score (nSPS) is 30.5. The Hall–Kier alpha value is -2.43. The minimum atomic E-state index is -1.13. The number of likely N-dealkylation sites (N-methyl/N-ethyl adjacent to an activating group) is 1. The Morgan fingerprint density at radius 2 is 1.92 bits per heavy atom. The van der Waals surface area contributed by atoms with Gasteiger partial charge in [0.05, 0.1) is 18.8 Å². The predicted octanol–water partition coefficient (Wildman–Crippen LogP) is 2.41. The van der Waals surface area contributed by atoms with E-state index in [-0.39, 0.29) is 17.7 Å². The molecule has 3 aliphatic rings. The van der Waals surface area contributed by atoms with Crippen molar-refractivity contribution in [3.05, 3.63) is 47.6 Å². The molecule has 0 aromatic heterocycles. The maximum absolute atomic E-state index is 13.0. The Kier molecular flexibility index (Phi) is 9.26. The van der Waals surface area contributed by atoms with E-state index in [0.29, 0.717) is 29.9 Å². The number of hydrogen-bond acceptors (Lipinski definition) is 9. The number of carbonyl (C=O) groups is 1. The van der Waals surface area contributed by atoms with Crippen molar-refractivity contribution in [3.63, 3.8) is 0 Å². The number of epoxide rings is 1. The number of rotatable bonds is 6. The van der Waals surface area contributed by atoms with E-state index in [1.54, 1.807) is 25.1 Å². The molecule has 9 nitrogen and oxygen atoms in total. The molecule has 0 bridgehead atoms. The van der Waals surface area contributed by atoms with Crippen LogP contribution in [0.15, 0.2) is 36.4 Å². The Labute approximate surface area is 218 Å². The molecule has 1 aromatic carbocycles. The molecule has 9 heteroatoms. The van der Waals surface area contributed by atoms with Crippen molar-refractivity contribution < 1.29 is 34.3 Å². The largest absolute Gasteiger partial charge is 0.507 e. The van der Waals surface area contributed by atoms with Gasteiger partial charge in [0.25, 0.3) is 0 Å². The van der Waals surface area contributed by atoms with Gasteiger partial charge in [0, 0.05) is 50.7 Å². The molecule has 0 unspecified atom stereocenters. The van der Waals surface area contributed by atoms with E-state index in [2.05, 4.69) is 23.4 Å². The van der Waals surface area contributed by atoms with E-state index in [1.807, 2.05) is 0 Å². The molecule has 0 saturated carbocycles. The van der Waals surface area contributed by atoms with Crippen LogP contribution in [0.4, 0.5) is 0 Å². The van der Waals surface area contributed by atoms with Crippen molar-refractivity contribution in [1.29, 1.82) is 0 Å². The van der Waals surface area contributed by atoms with Crippen LogP contribution in [0.3, 0.4) is 0 Å². The van der Waals surface area contributed by atoms with Crippen LogP contribution < -0.4 is 4.74 Å². The molecule has 3 N–H and O–H groups in total. The molecule has 2 fully saturated rings. The fourth-order valence-electron chi connectivity index (χ4n) is 4.86. The molecule has 0 spiro atoms. The van der Waals surface area contributed by atoms with Gasteiger partial charge in [0.15, 0.2) is 0 Å². The van der Waals surface area contributed by atoms with Crippen molar-refractivity contribution in [3.8, 4) is 11.5 Å². The highest BCUT2D eigenvalue weighted by molar-refractivity contribution is 5.95. The van der Waals surface area contributed by atoms with Crippen LogP contribution in [0.2, 0.25) is 0 Å². The number of phenolic OH excluding ortho intramolecular Hbond substituents is 1. The monoisotopic (exact) mass is 516 g/mol. The standard InChI is InChI=1S/C28H40N2O7/c1-18-7-6-8-19(2)36-28(34)25-21(27-24(37-27)17-23(32)26(18)33)15-20(16-22(25)31)35-14-5-4-9-30-12-10-29(3)11-13-30/h6-7,15-16,19,23-24,26-27,31-33H,1,4-5,8-14,17H2,2-3H3/b7-6-/t19-,23-,24-,26+,27+/m0/s1. The number of aromatic hydroxyl groups is 1. The van der Waals surface area contributed by atoms with Crippen molar-refractivity contribution >= 4 is 5.97 Å². The second-order valence-electron chi connectivity index (χ2n) is 10.4. The first-order valence-electron chi connectivity index (χ1n) is 13.2. The third-order valence-electron chi connectivity index (χ3n) is 7.27. The zero-order valence-electron chi connectivity index (χ0n) is 21.8. The number of aliphatic hydroxyl groups excluding tert-OH is 2. The van der Waals surface area contributed by atoms with Gasteiger partial charge in [-0.15, -0.1) is 0 Å². The average molecular weight is 517 g/mol. The van der Waals surface area contributed by atoms with Gasteiger partial charge >= 0.3 is 5.97 Å². The number of esters is 1. The number of ether oxygens (including phenoxy) is 3. The SMILES string of the molecule is C=C1/C=C\C[C@H](C)OC(=O)c2c(O)cc(OCCCCN3CCN(C)CC3)cc2[C@H]2O[C@H]2C[C@H](O)[C@@H]1O. The molecule has 204 valence electrons. The average Bonchev–Trinajstić information content (AvgIpc) is 3.62. The highest BCUT2D eigenvalue weighted by Crippen LogP contribution is 2.46. The van der Waals surface area contributed by atoms with E-state index < -0.39 is 36.5 Å². The minimum absolute atomic E-state index is 0.0438. The van der Waals surface area contributed by atoms with E-state index in [1.165, 1.54) is 6.07 Å². The van der Waals surface area contributed by atoms with Gasteiger partial charge in [-0.25, -0.2) is 4.79 Å². The lowest BCUT2D eigenvalue weighted by Gasteiger charge is -2.32. The molecule has 2 saturated heterocycles. The molecule has 37 heavy (non-hydrogen) atoms. The number of fused-ring (bicyclic) bond motifs is 3.